The Bertz CT molecular complexity index is 530. The minimum absolute atomic E-state index is 0.0226. The van der Waals surface area contributed by atoms with Gasteiger partial charge in [0.2, 0.25) is 0 Å². The Morgan fingerprint density at radius 1 is 1.39 bits per heavy atom. The number of benzene rings is 1. The SMILES string of the molecule is CCNC(=O)COc1cccc(CNC(=O)C2CNCCO2)c1. The smallest absolute Gasteiger partial charge is 0.257 e. The number of ether oxygens (including phenoxy) is 2. The van der Waals surface area contributed by atoms with Gasteiger partial charge >= 0.3 is 0 Å². The van der Waals surface area contributed by atoms with Crippen molar-refractivity contribution in [3.8, 4) is 5.75 Å². The third-order valence-electron chi connectivity index (χ3n) is 3.33. The summed E-state index contributed by atoms with van der Waals surface area (Å²) in [6.45, 7) is 4.64. The summed E-state index contributed by atoms with van der Waals surface area (Å²) in [4.78, 5) is 23.4. The summed E-state index contributed by atoms with van der Waals surface area (Å²) < 4.78 is 10.8. The largest absolute Gasteiger partial charge is 0.484 e. The molecule has 1 heterocycles. The molecule has 23 heavy (non-hydrogen) atoms. The molecule has 1 aromatic rings. The van der Waals surface area contributed by atoms with E-state index in [0.29, 0.717) is 32.0 Å². The average molecular weight is 321 g/mol. The van der Waals surface area contributed by atoms with Crippen molar-refractivity contribution in [1.29, 1.82) is 0 Å². The number of morpholine rings is 1. The maximum atomic E-state index is 12.0. The summed E-state index contributed by atoms with van der Waals surface area (Å²) in [5.41, 5.74) is 0.899. The van der Waals surface area contributed by atoms with Gasteiger partial charge in [-0.15, -0.1) is 0 Å². The van der Waals surface area contributed by atoms with Gasteiger partial charge in [-0.2, -0.15) is 0 Å². The molecule has 1 saturated heterocycles. The Morgan fingerprint density at radius 2 is 2.26 bits per heavy atom. The lowest BCUT2D eigenvalue weighted by molar-refractivity contribution is -0.134. The standard InChI is InChI=1S/C16H23N3O4/c1-2-18-15(20)11-23-13-5-3-4-12(8-13)9-19-16(21)14-10-17-6-7-22-14/h3-5,8,14,17H,2,6-7,9-11H2,1H3,(H,18,20)(H,19,21). The van der Waals surface area contributed by atoms with Crippen LogP contribution in [-0.2, 0) is 20.9 Å². The highest BCUT2D eigenvalue weighted by Crippen LogP contribution is 2.13. The summed E-state index contributed by atoms with van der Waals surface area (Å²) in [5, 5.41) is 8.63. The molecule has 0 saturated carbocycles. The molecule has 1 aromatic carbocycles. The normalized spacial score (nSPS) is 17.3. The summed E-state index contributed by atoms with van der Waals surface area (Å²) in [6, 6.07) is 7.30. The lowest BCUT2D eigenvalue weighted by atomic mass is 10.2. The van der Waals surface area contributed by atoms with E-state index in [2.05, 4.69) is 16.0 Å². The summed E-state index contributed by atoms with van der Waals surface area (Å²) in [5.74, 6) is 0.303. The Kier molecular flexibility index (Phi) is 6.83. The van der Waals surface area contributed by atoms with Crippen molar-refractivity contribution < 1.29 is 19.1 Å². The zero-order valence-electron chi connectivity index (χ0n) is 13.3. The minimum Gasteiger partial charge on any atom is -0.484 e. The molecule has 3 N–H and O–H groups in total. The van der Waals surface area contributed by atoms with E-state index in [1.807, 2.05) is 19.1 Å². The third kappa shape index (κ3) is 5.88. The number of nitrogens with one attached hydrogen (secondary N) is 3. The van der Waals surface area contributed by atoms with Crippen molar-refractivity contribution in [3.05, 3.63) is 29.8 Å². The minimum atomic E-state index is -0.444. The molecule has 1 unspecified atom stereocenters. The number of likely N-dealkylation sites (N-methyl/N-ethyl adjacent to an activating group) is 1. The topological polar surface area (TPSA) is 88.7 Å². The Labute approximate surface area is 135 Å². The summed E-state index contributed by atoms with van der Waals surface area (Å²) in [7, 11) is 0. The van der Waals surface area contributed by atoms with Gasteiger partial charge in [0.1, 0.15) is 11.9 Å². The molecule has 1 aliphatic heterocycles. The Balaban J connectivity index is 1.80. The predicted octanol–water partition coefficient (Wildman–Crippen LogP) is -0.194. The molecule has 126 valence electrons. The number of carbonyl (C=O) groups excluding carboxylic acids is 2. The maximum absolute atomic E-state index is 12.0. The number of amides is 2. The van der Waals surface area contributed by atoms with Crippen molar-refractivity contribution >= 4 is 11.8 Å². The van der Waals surface area contributed by atoms with Gasteiger partial charge in [-0.25, -0.2) is 0 Å². The van der Waals surface area contributed by atoms with Gasteiger partial charge in [-0.3, -0.25) is 9.59 Å². The van der Waals surface area contributed by atoms with Crippen LogP contribution in [0.15, 0.2) is 24.3 Å². The zero-order chi connectivity index (χ0) is 16.5. The van der Waals surface area contributed by atoms with Crippen LogP contribution in [0, 0.1) is 0 Å². The second-order valence-electron chi connectivity index (χ2n) is 5.17. The molecule has 7 heteroatoms. The molecule has 2 amide bonds. The predicted molar refractivity (Wildman–Crippen MR) is 85.1 cm³/mol. The van der Waals surface area contributed by atoms with Crippen LogP contribution in [0.1, 0.15) is 12.5 Å². The highest BCUT2D eigenvalue weighted by Gasteiger charge is 2.21. The highest BCUT2D eigenvalue weighted by molar-refractivity contribution is 5.81. The van der Waals surface area contributed by atoms with Crippen molar-refractivity contribution in [2.24, 2.45) is 0 Å². The fraction of sp³-hybridized carbons (Fsp3) is 0.500. The van der Waals surface area contributed by atoms with Gasteiger partial charge in [-0.05, 0) is 24.6 Å². The molecule has 7 nitrogen and oxygen atoms in total. The van der Waals surface area contributed by atoms with Gasteiger partial charge < -0.3 is 25.4 Å². The van der Waals surface area contributed by atoms with E-state index >= 15 is 0 Å². The van der Waals surface area contributed by atoms with Crippen LogP contribution in [0.25, 0.3) is 0 Å². The van der Waals surface area contributed by atoms with Crippen molar-refractivity contribution in [2.75, 3.05) is 32.8 Å². The van der Waals surface area contributed by atoms with E-state index < -0.39 is 6.10 Å². The second kappa shape index (κ2) is 9.12. The highest BCUT2D eigenvalue weighted by atomic mass is 16.5. The lowest BCUT2D eigenvalue weighted by Gasteiger charge is -2.22. The first-order valence-corrected chi connectivity index (χ1v) is 7.77. The van der Waals surface area contributed by atoms with Gasteiger partial charge in [0, 0.05) is 26.2 Å². The Morgan fingerprint density at radius 3 is 3.00 bits per heavy atom. The molecule has 1 fully saturated rings. The fourth-order valence-corrected chi connectivity index (χ4v) is 2.18. The van der Waals surface area contributed by atoms with Crippen LogP contribution in [-0.4, -0.2) is 50.8 Å². The molecule has 0 aliphatic carbocycles. The Hall–Kier alpha value is -2.12. The first kappa shape index (κ1) is 17.2. The summed E-state index contributed by atoms with van der Waals surface area (Å²) in [6.07, 6.45) is -0.444. The van der Waals surface area contributed by atoms with E-state index in [1.54, 1.807) is 12.1 Å². The molecular weight excluding hydrogens is 298 g/mol. The van der Waals surface area contributed by atoms with E-state index in [1.165, 1.54) is 0 Å². The van der Waals surface area contributed by atoms with Crippen molar-refractivity contribution in [3.63, 3.8) is 0 Å². The van der Waals surface area contributed by atoms with E-state index in [0.717, 1.165) is 12.1 Å². The third-order valence-corrected chi connectivity index (χ3v) is 3.33. The van der Waals surface area contributed by atoms with Crippen molar-refractivity contribution in [1.82, 2.24) is 16.0 Å². The molecule has 2 rings (SSSR count). The molecule has 0 bridgehead atoms. The molecular formula is C16H23N3O4. The van der Waals surface area contributed by atoms with E-state index in [9.17, 15) is 9.59 Å². The van der Waals surface area contributed by atoms with Crippen LogP contribution in [0.3, 0.4) is 0 Å². The summed E-state index contributed by atoms with van der Waals surface area (Å²) >= 11 is 0. The molecule has 0 spiro atoms. The lowest BCUT2D eigenvalue weighted by Crippen LogP contribution is -2.47. The number of hydrogen-bond donors (Lipinski definition) is 3. The van der Waals surface area contributed by atoms with E-state index in [4.69, 9.17) is 9.47 Å². The zero-order valence-corrected chi connectivity index (χ0v) is 13.3. The second-order valence-corrected chi connectivity index (χ2v) is 5.17. The van der Waals surface area contributed by atoms with Gasteiger partial charge in [0.05, 0.1) is 6.61 Å². The van der Waals surface area contributed by atoms with Crippen LogP contribution >= 0.6 is 0 Å². The van der Waals surface area contributed by atoms with Gasteiger partial charge in [0.15, 0.2) is 6.61 Å². The average Bonchev–Trinajstić information content (AvgIpc) is 2.59. The number of carbonyl (C=O) groups is 2. The molecule has 0 aromatic heterocycles. The van der Waals surface area contributed by atoms with Crippen LogP contribution < -0.4 is 20.7 Å². The first-order chi connectivity index (χ1) is 11.2. The first-order valence-electron chi connectivity index (χ1n) is 7.77. The van der Waals surface area contributed by atoms with Crippen LogP contribution in [0.4, 0.5) is 0 Å². The quantitative estimate of drug-likeness (QED) is 0.648. The maximum Gasteiger partial charge on any atom is 0.257 e. The van der Waals surface area contributed by atoms with Gasteiger partial charge in [0.25, 0.3) is 11.8 Å². The van der Waals surface area contributed by atoms with Crippen LogP contribution in [0.5, 0.6) is 5.75 Å². The molecule has 1 atom stereocenters. The van der Waals surface area contributed by atoms with E-state index in [-0.39, 0.29) is 18.4 Å². The fourth-order valence-electron chi connectivity index (χ4n) is 2.18. The number of hydrogen-bond acceptors (Lipinski definition) is 5. The van der Waals surface area contributed by atoms with Crippen molar-refractivity contribution in [2.45, 2.75) is 19.6 Å². The molecule has 0 radical (unpaired) electrons. The van der Waals surface area contributed by atoms with Crippen LogP contribution in [0.2, 0.25) is 0 Å². The van der Waals surface area contributed by atoms with Gasteiger partial charge in [-0.1, -0.05) is 12.1 Å². The number of rotatable bonds is 7. The monoisotopic (exact) mass is 321 g/mol. The molecule has 1 aliphatic rings.